The third-order valence-corrected chi connectivity index (χ3v) is 2.63. The van der Waals surface area contributed by atoms with E-state index in [0.717, 1.165) is 0 Å². The molecule has 0 fully saturated rings. The fraction of sp³-hybridized carbons (Fsp3) is 0.429. The second-order valence-corrected chi connectivity index (χ2v) is 4.68. The number of benzene rings is 1. The molecular weight excluding hydrogens is 249 g/mol. The first-order valence-electron chi connectivity index (χ1n) is 6.17. The number of carbonyl (C=O) groups excluding carboxylic acids is 1. The Hall–Kier alpha value is -1.75. The van der Waals surface area contributed by atoms with Crippen molar-refractivity contribution < 1.29 is 19.1 Å². The number of Topliss-reactive ketones (excluding diaryl/α,β-unsaturated/α-hetero) is 1. The molecule has 0 aliphatic carbocycles. The van der Waals surface area contributed by atoms with Crippen LogP contribution in [0.25, 0.3) is 0 Å². The first-order valence-corrected chi connectivity index (χ1v) is 6.17. The molecule has 4 nitrogen and oxygen atoms in total. The Labute approximate surface area is 111 Å². The number of halogens is 1. The average Bonchev–Trinajstić information content (AvgIpc) is 2.34. The summed E-state index contributed by atoms with van der Waals surface area (Å²) in [6.45, 7) is 3.76. The highest BCUT2D eigenvalue weighted by atomic mass is 19.1. The maximum absolute atomic E-state index is 12.8. The van der Waals surface area contributed by atoms with Crippen LogP contribution in [0.3, 0.4) is 0 Å². The Balaban J connectivity index is 2.80. The van der Waals surface area contributed by atoms with Gasteiger partial charge in [-0.1, -0.05) is 13.8 Å². The molecule has 1 aromatic carbocycles. The summed E-state index contributed by atoms with van der Waals surface area (Å²) < 4.78 is 12.8. The Morgan fingerprint density at radius 3 is 2.32 bits per heavy atom. The van der Waals surface area contributed by atoms with E-state index in [1.165, 1.54) is 24.3 Å². The Kier molecular flexibility index (Phi) is 5.63. The van der Waals surface area contributed by atoms with Gasteiger partial charge in [0.15, 0.2) is 5.78 Å². The second kappa shape index (κ2) is 6.99. The van der Waals surface area contributed by atoms with Crippen molar-refractivity contribution in [2.24, 2.45) is 0 Å². The number of carboxylic acid groups (broad SMARTS) is 1. The molecule has 0 aliphatic heterocycles. The topological polar surface area (TPSA) is 66.4 Å². The molecule has 0 amide bonds. The summed E-state index contributed by atoms with van der Waals surface area (Å²) in [5, 5.41) is 11.7. The molecule has 1 aromatic rings. The molecular formula is C14H18FNO3. The number of rotatable bonds is 7. The number of ketones is 1. The van der Waals surface area contributed by atoms with Crippen LogP contribution in [-0.4, -0.2) is 28.9 Å². The number of aliphatic carboxylic acids is 1. The number of hydrogen-bond donors (Lipinski definition) is 2. The van der Waals surface area contributed by atoms with E-state index in [-0.39, 0.29) is 24.7 Å². The van der Waals surface area contributed by atoms with Crippen LogP contribution in [0.5, 0.6) is 0 Å². The van der Waals surface area contributed by atoms with E-state index in [1.54, 1.807) is 0 Å². The van der Waals surface area contributed by atoms with Crippen LogP contribution in [0.1, 0.15) is 37.0 Å². The van der Waals surface area contributed by atoms with Gasteiger partial charge in [0, 0.05) is 18.0 Å². The standard InChI is InChI=1S/C14H18FNO3/c1-9(2)16-12(7-8-13(17)18)14(19)10-3-5-11(15)6-4-10/h3-6,9,12,16H,7-8H2,1-2H3,(H,17,18). The molecule has 0 saturated heterocycles. The van der Waals surface area contributed by atoms with Gasteiger partial charge >= 0.3 is 5.97 Å². The molecule has 0 aromatic heterocycles. The van der Waals surface area contributed by atoms with Crippen molar-refractivity contribution in [3.05, 3.63) is 35.6 Å². The number of carbonyl (C=O) groups is 2. The van der Waals surface area contributed by atoms with E-state index in [2.05, 4.69) is 5.32 Å². The van der Waals surface area contributed by atoms with Crippen LogP contribution in [0, 0.1) is 5.82 Å². The van der Waals surface area contributed by atoms with Crippen LogP contribution in [-0.2, 0) is 4.79 Å². The lowest BCUT2D eigenvalue weighted by atomic mass is 9.99. The lowest BCUT2D eigenvalue weighted by Gasteiger charge is -2.19. The molecule has 19 heavy (non-hydrogen) atoms. The van der Waals surface area contributed by atoms with Gasteiger partial charge < -0.3 is 10.4 Å². The maximum atomic E-state index is 12.8. The third kappa shape index (κ3) is 5.18. The van der Waals surface area contributed by atoms with Gasteiger partial charge in [0.05, 0.1) is 6.04 Å². The van der Waals surface area contributed by atoms with E-state index < -0.39 is 17.8 Å². The van der Waals surface area contributed by atoms with E-state index in [9.17, 15) is 14.0 Å². The molecule has 1 atom stereocenters. The van der Waals surface area contributed by atoms with Crippen LogP contribution < -0.4 is 5.32 Å². The molecule has 0 bridgehead atoms. The molecule has 104 valence electrons. The second-order valence-electron chi connectivity index (χ2n) is 4.68. The summed E-state index contributed by atoms with van der Waals surface area (Å²) in [7, 11) is 0. The predicted molar refractivity (Wildman–Crippen MR) is 69.7 cm³/mol. The van der Waals surface area contributed by atoms with Gasteiger partial charge in [-0.05, 0) is 30.7 Å². The minimum Gasteiger partial charge on any atom is -0.481 e. The summed E-state index contributed by atoms with van der Waals surface area (Å²) >= 11 is 0. The number of carboxylic acids is 1. The molecule has 1 rings (SSSR count). The summed E-state index contributed by atoms with van der Waals surface area (Å²) in [5.74, 6) is -1.56. The lowest BCUT2D eigenvalue weighted by molar-refractivity contribution is -0.137. The smallest absolute Gasteiger partial charge is 0.303 e. The third-order valence-electron chi connectivity index (χ3n) is 2.63. The van der Waals surface area contributed by atoms with Crippen LogP contribution in [0.2, 0.25) is 0 Å². The highest BCUT2D eigenvalue weighted by Crippen LogP contribution is 2.10. The molecule has 0 saturated carbocycles. The SMILES string of the molecule is CC(C)NC(CCC(=O)O)C(=O)c1ccc(F)cc1. The monoisotopic (exact) mass is 267 g/mol. The normalized spacial score (nSPS) is 12.4. The van der Waals surface area contributed by atoms with Crippen molar-refractivity contribution >= 4 is 11.8 Å². The molecule has 0 aliphatic rings. The summed E-state index contributed by atoms with van der Waals surface area (Å²) in [6, 6.07) is 4.75. The van der Waals surface area contributed by atoms with Crippen LogP contribution >= 0.6 is 0 Å². The van der Waals surface area contributed by atoms with Gasteiger partial charge in [0.1, 0.15) is 5.82 Å². The van der Waals surface area contributed by atoms with Crippen molar-refractivity contribution in [3.63, 3.8) is 0 Å². The quantitative estimate of drug-likeness (QED) is 0.743. The minimum absolute atomic E-state index is 0.0585. The Morgan fingerprint density at radius 2 is 1.84 bits per heavy atom. The molecule has 1 unspecified atom stereocenters. The average molecular weight is 267 g/mol. The zero-order valence-electron chi connectivity index (χ0n) is 11.0. The largest absolute Gasteiger partial charge is 0.481 e. The fourth-order valence-corrected chi connectivity index (χ4v) is 1.78. The van der Waals surface area contributed by atoms with Gasteiger partial charge in [-0.15, -0.1) is 0 Å². The molecule has 0 spiro atoms. The van der Waals surface area contributed by atoms with Crippen molar-refractivity contribution in [2.75, 3.05) is 0 Å². The number of hydrogen-bond acceptors (Lipinski definition) is 3. The Morgan fingerprint density at radius 1 is 1.26 bits per heavy atom. The highest BCUT2D eigenvalue weighted by molar-refractivity contribution is 6.00. The van der Waals surface area contributed by atoms with E-state index >= 15 is 0 Å². The van der Waals surface area contributed by atoms with Crippen molar-refractivity contribution in [1.29, 1.82) is 0 Å². The van der Waals surface area contributed by atoms with Crippen molar-refractivity contribution in [3.8, 4) is 0 Å². The summed E-state index contributed by atoms with van der Waals surface area (Å²) in [4.78, 5) is 22.8. The van der Waals surface area contributed by atoms with Gasteiger partial charge in [-0.25, -0.2) is 4.39 Å². The zero-order valence-corrected chi connectivity index (χ0v) is 11.0. The van der Waals surface area contributed by atoms with Gasteiger partial charge in [-0.3, -0.25) is 9.59 Å². The van der Waals surface area contributed by atoms with Crippen LogP contribution in [0.15, 0.2) is 24.3 Å². The zero-order chi connectivity index (χ0) is 14.4. The fourth-order valence-electron chi connectivity index (χ4n) is 1.78. The van der Waals surface area contributed by atoms with E-state index in [4.69, 9.17) is 5.11 Å². The first kappa shape index (κ1) is 15.3. The van der Waals surface area contributed by atoms with Crippen LogP contribution in [0.4, 0.5) is 4.39 Å². The number of nitrogens with one attached hydrogen (secondary N) is 1. The molecule has 5 heteroatoms. The van der Waals surface area contributed by atoms with Crippen molar-refractivity contribution in [1.82, 2.24) is 5.32 Å². The first-order chi connectivity index (χ1) is 8.90. The maximum Gasteiger partial charge on any atom is 0.303 e. The predicted octanol–water partition coefficient (Wildman–Crippen LogP) is 2.24. The molecule has 0 heterocycles. The minimum atomic E-state index is -0.942. The Bertz CT molecular complexity index is 443. The summed E-state index contributed by atoms with van der Waals surface area (Å²) in [6.07, 6.45) is 0.126. The lowest BCUT2D eigenvalue weighted by Crippen LogP contribution is -2.41. The molecule has 0 radical (unpaired) electrons. The van der Waals surface area contributed by atoms with Gasteiger partial charge in [0.2, 0.25) is 0 Å². The molecule has 2 N–H and O–H groups in total. The van der Waals surface area contributed by atoms with E-state index in [1.807, 2.05) is 13.8 Å². The summed E-state index contributed by atoms with van der Waals surface area (Å²) in [5.41, 5.74) is 0.380. The van der Waals surface area contributed by atoms with E-state index in [0.29, 0.717) is 5.56 Å². The highest BCUT2D eigenvalue weighted by Gasteiger charge is 2.21. The van der Waals surface area contributed by atoms with Crippen molar-refractivity contribution in [2.45, 2.75) is 38.8 Å². The van der Waals surface area contributed by atoms with Gasteiger partial charge in [0.25, 0.3) is 0 Å². The van der Waals surface area contributed by atoms with Gasteiger partial charge in [-0.2, -0.15) is 0 Å².